The van der Waals surface area contributed by atoms with Crippen molar-refractivity contribution in [2.45, 2.75) is 0 Å². The molecule has 0 saturated carbocycles. The fourth-order valence-corrected chi connectivity index (χ4v) is 6.49. The van der Waals surface area contributed by atoms with Crippen molar-refractivity contribution in [3.8, 4) is 34.0 Å². The zero-order chi connectivity index (χ0) is 28.2. The van der Waals surface area contributed by atoms with Crippen molar-refractivity contribution >= 4 is 43.4 Å². The van der Waals surface area contributed by atoms with Crippen LogP contribution in [0.5, 0.6) is 0 Å². The van der Waals surface area contributed by atoms with Gasteiger partial charge in [0.05, 0.1) is 16.6 Å². The van der Waals surface area contributed by atoms with E-state index in [0.717, 1.165) is 49.5 Å². The Morgan fingerprint density at radius 2 is 0.905 bits per heavy atom. The maximum absolute atomic E-state index is 14.3. The summed E-state index contributed by atoms with van der Waals surface area (Å²) in [6, 6.07) is 49.4. The smallest absolute Gasteiger partial charge is 0.140 e. The van der Waals surface area contributed by atoms with Crippen LogP contribution < -0.4 is 0 Å². The van der Waals surface area contributed by atoms with Crippen molar-refractivity contribution in [3.05, 3.63) is 151 Å². The van der Waals surface area contributed by atoms with Crippen molar-refractivity contribution in [3.63, 3.8) is 0 Å². The van der Waals surface area contributed by atoms with Gasteiger partial charge in [-0.15, -0.1) is 0 Å². The SMILES string of the molecule is N#Cc1cc(-c2c3ccccc3c(-c3ccc(-n4c5ccccc5c5ccccc54)cc3)c3ccccc23)ccc1F. The van der Waals surface area contributed by atoms with Gasteiger partial charge in [0.15, 0.2) is 0 Å². The van der Waals surface area contributed by atoms with Crippen LogP contribution in [0.15, 0.2) is 140 Å². The molecule has 2 nitrogen and oxygen atoms in total. The summed E-state index contributed by atoms with van der Waals surface area (Å²) in [5.74, 6) is -0.505. The fraction of sp³-hybridized carbons (Fsp3) is 0. The van der Waals surface area contributed by atoms with Crippen molar-refractivity contribution in [1.82, 2.24) is 4.57 Å². The van der Waals surface area contributed by atoms with E-state index < -0.39 is 5.82 Å². The monoisotopic (exact) mass is 538 g/mol. The second kappa shape index (κ2) is 9.44. The lowest BCUT2D eigenvalue weighted by Gasteiger charge is -2.18. The topological polar surface area (TPSA) is 28.7 Å². The number of nitrogens with zero attached hydrogens (tertiary/aromatic N) is 2. The van der Waals surface area contributed by atoms with E-state index in [1.807, 2.05) is 18.2 Å². The van der Waals surface area contributed by atoms with E-state index >= 15 is 0 Å². The van der Waals surface area contributed by atoms with Gasteiger partial charge in [-0.2, -0.15) is 5.26 Å². The van der Waals surface area contributed by atoms with Crippen molar-refractivity contribution in [2.75, 3.05) is 0 Å². The number of hydrogen-bond donors (Lipinski definition) is 0. The highest BCUT2D eigenvalue weighted by Crippen LogP contribution is 2.44. The van der Waals surface area contributed by atoms with E-state index in [9.17, 15) is 9.65 Å². The van der Waals surface area contributed by atoms with Crippen LogP contribution in [-0.2, 0) is 0 Å². The first-order valence-electron chi connectivity index (χ1n) is 14.0. The first-order chi connectivity index (χ1) is 20.7. The van der Waals surface area contributed by atoms with Gasteiger partial charge in [0.25, 0.3) is 0 Å². The fourth-order valence-electron chi connectivity index (χ4n) is 6.49. The number of hydrogen-bond acceptors (Lipinski definition) is 1. The van der Waals surface area contributed by atoms with Crippen molar-refractivity contribution < 1.29 is 4.39 Å². The second-order valence-electron chi connectivity index (χ2n) is 10.6. The van der Waals surface area contributed by atoms with Gasteiger partial charge < -0.3 is 4.57 Å². The lowest BCUT2D eigenvalue weighted by Crippen LogP contribution is -1.95. The van der Waals surface area contributed by atoms with E-state index in [1.54, 1.807) is 12.1 Å². The minimum atomic E-state index is -0.505. The van der Waals surface area contributed by atoms with Crippen molar-refractivity contribution in [2.24, 2.45) is 0 Å². The van der Waals surface area contributed by atoms with E-state index in [2.05, 4.69) is 114 Å². The zero-order valence-electron chi connectivity index (χ0n) is 22.6. The number of nitriles is 1. The summed E-state index contributed by atoms with van der Waals surface area (Å²) in [7, 11) is 0. The molecule has 0 amide bonds. The van der Waals surface area contributed by atoms with E-state index in [1.165, 1.54) is 27.9 Å². The second-order valence-corrected chi connectivity index (χ2v) is 10.6. The molecule has 0 spiro atoms. The normalized spacial score (nSPS) is 11.4. The summed E-state index contributed by atoms with van der Waals surface area (Å²) < 4.78 is 16.6. The highest BCUT2D eigenvalue weighted by molar-refractivity contribution is 6.21. The Kier molecular flexibility index (Phi) is 5.42. The van der Waals surface area contributed by atoms with E-state index in [0.29, 0.717) is 0 Å². The average Bonchev–Trinajstić information content (AvgIpc) is 3.38. The molecular formula is C39H23FN2. The maximum Gasteiger partial charge on any atom is 0.140 e. The lowest BCUT2D eigenvalue weighted by atomic mass is 9.85. The van der Waals surface area contributed by atoms with Gasteiger partial charge in [0.2, 0.25) is 0 Å². The van der Waals surface area contributed by atoms with Gasteiger partial charge in [-0.05, 0) is 80.2 Å². The molecule has 0 N–H and O–H groups in total. The summed E-state index contributed by atoms with van der Waals surface area (Å²) in [5, 5.41) is 16.4. The van der Waals surface area contributed by atoms with Crippen LogP contribution in [-0.4, -0.2) is 4.57 Å². The number of benzene rings is 7. The highest BCUT2D eigenvalue weighted by Gasteiger charge is 2.18. The molecule has 7 aromatic carbocycles. The van der Waals surface area contributed by atoms with Gasteiger partial charge in [0.1, 0.15) is 11.9 Å². The Labute approximate surface area is 242 Å². The molecule has 1 heterocycles. The minimum Gasteiger partial charge on any atom is -0.309 e. The molecule has 42 heavy (non-hydrogen) atoms. The van der Waals surface area contributed by atoms with Crippen LogP contribution in [0.2, 0.25) is 0 Å². The first-order valence-corrected chi connectivity index (χ1v) is 14.0. The maximum atomic E-state index is 14.3. The standard InChI is InChI=1S/C39H23FN2/c40-35-22-19-26(23-27(35)24-41)39-33-13-3-1-11-31(33)38(32-12-2-4-14-34(32)39)25-17-20-28(21-18-25)42-36-15-7-5-9-29(36)30-10-6-8-16-37(30)42/h1-23H. The summed E-state index contributed by atoms with van der Waals surface area (Å²) in [6.45, 7) is 0. The third-order valence-electron chi connectivity index (χ3n) is 8.30. The number of rotatable bonds is 3. The number of para-hydroxylation sites is 2. The molecule has 0 unspecified atom stereocenters. The molecule has 196 valence electrons. The van der Waals surface area contributed by atoms with E-state index in [4.69, 9.17) is 0 Å². The Morgan fingerprint density at radius 1 is 0.476 bits per heavy atom. The highest BCUT2D eigenvalue weighted by atomic mass is 19.1. The van der Waals surface area contributed by atoms with Crippen LogP contribution in [0.4, 0.5) is 4.39 Å². The molecule has 0 radical (unpaired) electrons. The Hall–Kier alpha value is -5.72. The third kappa shape index (κ3) is 3.56. The minimum absolute atomic E-state index is 0.0467. The molecule has 3 heteroatoms. The molecule has 0 aliphatic heterocycles. The molecule has 0 aliphatic rings. The summed E-state index contributed by atoms with van der Waals surface area (Å²) in [4.78, 5) is 0. The van der Waals surface area contributed by atoms with Gasteiger partial charge in [-0.25, -0.2) is 4.39 Å². The Morgan fingerprint density at radius 3 is 1.40 bits per heavy atom. The molecule has 8 aromatic rings. The van der Waals surface area contributed by atoms with Crippen LogP contribution in [0.1, 0.15) is 5.56 Å². The largest absolute Gasteiger partial charge is 0.309 e. The number of halogens is 1. The number of fused-ring (bicyclic) bond motifs is 5. The van der Waals surface area contributed by atoms with Crippen LogP contribution >= 0.6 is 0 Å². The van der Waals surface area contributed by atoms with Crippen molar-refractivity contribution in [1.29, 1.82) is 5.26 Å². The Bertz CT molecular complexity index is 2260. The molecule has 0 saturated heterocycles. The first kappa shape index (κ1) is 24.1. The summed E-state index contributed by atoms with van der Waals surface area (Å²) >= 11 is 0. The zero-order valence-corrected chi connectivity index (χ0v) is 22.6. The van der Waals surface area contributed by atoms with Gasteiger partial charge >= 0.3 is 0 Å². The van der Waals surface area contributed by atoms with Crippen LogP contribution in [0.3, 0.4) is 0 Å². The Balaban J connectivity index is 1.37. The van der Waals surface area contributed by atoms with E-state index in [-0.39, 0.29) is 5.56 Å². The van der Waals surface area contributed by atoms with Crippen LogP contribution in [0, 0.1) is 17.1 Å². The number of aromatic nitrogens is 1. The molecule has 0 atom stereocenters. The molecular weight excluding hydrogens is 515 g/mol. The molecule has 8 rings (SSSR count). The molecule has 0 fully saturated rings. The summed E-state index contributed by atoms with van der Waals surface area (Å²) in [6.07, 6.45) is 0. The van der Waals surface area contributed by atoms with Gasteiger partial charge in [-0.3, -0.25) is 0 Å². The predicted molar refractivity (Wildman–Crippen MR) is 171 cm³/mol. The van der Waals surface area contributed by atoms with Gasteiger partial charge in [-0.1, -0.05) is 103 Å². The summed E-state index contributed by atoms with van der Waals surface area (Å²) in [5.41, 5.74) is 7.63. The van der Waals surface area contributed by atoms with Gasteiger partial charge in [0, 0.05) is 16.5 Å². The molecule has 1 aromatic heterocycles. The molecule has 0 bridgehead atoms. The van der Waals surface area contributed by atoms with Crippen LogP contribution in [0.25, 0.3) is 71.3 Å². The third-order valence-corrected chi connectivity index (χ3v) is 8.30. The average molecular weight is 539 g/mol. The lowest BCUT2D eigenvalue weighted by molar-refractivity contribution is 0.624. The quantitative estimate of drug-likeness (QED) is 0.206. The molecule has 0 aliphatic carbocycles. The predicted octanol–water partition coefficient (Wildman–Crippen LogP) is 10.4.